The third-order valence-electron chi connectivity index (χ3n) is 11.5. The molecule has 0 aliphatic carbocycles. The van der Waals surface area contributed by atoms with Crippen LogP contribution < -0.4 is 0 Å². The number of para-hydroxylation sites is 2. The van der Waals surface area contributed by atoms with Gasteiger partial charge in [-0.1, -0.05) is 78.9 Å². The van der Waals surface area contributed by atoms with Crippen LogP contribution in [0.5, 0.6) is 0 Å². The van der Waals surface area contributed by atoms with Crippen LogP contribution in [-0.2, 0) is 31.8 Å². The summed E-state index contributed by atoms with van der Waals surface area (Å²) in [4.78, 5) is 0. The molecule has 6 nitrogen and oxygen atoms in total. The molecule has 56 heavy (non-hydrogen) atoms. The van der Waals surface area contributed by atoms with E-state index in [0.717, 1.165) is 89.5 Å². The molecule has 0 spiro atoms. The second kappa shape index (κ2) is 15.7. The highest BCUT2D eigenvalue weighted by Crippen LogP contribution is 2.36. The molecule has 2 aliphatic rings. The summed E-state index contributed by atoms with van der Waals surface area (Å²) in [5, 5.41) is 5.07. The first kappa shape index (κ1) is 35.2. The van der Waals surface area contributed by atoms with E-state index in [9.17, 15) is 0 Å². The summed E-state index contributed by atoms with van der Waals surface area (Å²) in [5.74, 6) is 0. The summed E-state index contributed by atoms with van der Waals surface area (Å²) in [6.45, 7) is 4.89. The van der Waals surface area contributed by atoms with Crippen LogP contribution >= 0.6 is 0 Å². The van der Waals surface area contributed by atoms with E-state index in [1.807, 2.05) is 0 Å². The van der Waals surface area contributed by atoms with Gasteiger partial charge in [0.15, 0.2) is 0 Å². The Bertz CT molecular complexity index is 2650. The van der Waals surface area contributed by atoms with Gasteiger partial charge in [0.1, 0.15) is 0 Å². The fourth-order valence-corrected chi connectivity index (χ4v) is 8.43. The van der Waals surface area contributed by atoms with Crippen molar-refractivity contribution in [2.75, 3.05) is 39.6 Å². The number of hydrogen-bond donors (Lipinski definition) is 0. The Morgan fingerprint density at radius 2 is 0.946 bits per heavy atom. The summed E-state index contributed by atoms with van der Waals surface area (Å²) in [6.07, 6.45) is 7.07. The molecular weight excluding hydrogens is 693 g/mol. The van der Waals surface area contributed by atoms with Crippen molar-refractivity contribution in [1.82, 2.24) is 9.13 Å². The quantitative estimate of drug-likeness (QED) is 0.0689. The van der Waals surface area contributed by atoms with Crippen LogP contribution in [-0.4, -0.2) is 61.0 Å². The summed E-state index contributed by atoms with van der Waals surface area (Å²) < 4.78 is 27.5. The molecule has 0 amide bonds. The molecule has 0 bridgehead atoms. The lowest BCUT2D eigenvalue weighted by atomic mass is 10.0. The van der Waals surface area contributed by atoms with Crippen molar-refractivity contribution in [3.05, 3.63) is 145 Å². The molecule has 2 aromatic heterocycles. The van der Waals surface area contributed by atoms with Gasteiger partial charge in [-0.2, -0.15) is 0 Å². The van der Waals surface area contributed by atoms with Crippen molar-refractivity contribution in [2.45, 2.75) is 50.7 Å². The minimum atomic E-state index is 0.471. The maximum absolute atomic E-state index is 6.02. The predicted octanol–water partition coefficient (Wildman–Crippen LogP) is 11.0. The van der Waals surface area contributed by atoms with Crippen molar-refractivity contribution in [1.29, 1.82) is 0 Å². The van der Waals surface area contributed by atoms with Crippen LogP contribution in [0.1, 0.15) is 36.8 Å². The smallest absolute Gasteiger partial charge is 0.0810 e. The maximum Gasteiger partial charge on any atom is 0.0810 e. The first-order valence-corrected chi connectivity index (χ1v) is 20.4. The highest BCUT2D eigenvalue weighted by molar-refractivity contribution is 6.10. The fourth-order valence-electron chi connectivity index (χ4n) is 8.43. The monoisotopic (exact) mass is 740 g/mol. The van der Waals surface area contributed by atoms with Crippen molar-refractivity contribution >= 4 is 43.6 Å². The van der Waals surface area contributed by atoms with Crippen LogP contribution in [0.25, 0.3) is 66.1 Å². The van der Waals surface area contributed by atoms with Gasteiger partial charge in [0.05, 0.1) is 60.7 Å². The number of ether oxygens (including phenoxy) is 4. The van der Waals surface area contributed by atoms with E-state index < -0.39 is 0 Å². The lowest BCUT2D eigenvalue weighted by Gasteiger charge is -2.13. The zero-order chi connectivity index (χ0) is 37.3. The molecule has 0 radical (unpaired) electrons. The van der Waals surface area contributed by atoms with E-state index in [2.05, 4.69) is 143 Å². The molecule has 8 aromatic rings. The lowest BCUT2D eigenvalue weighted by Crippen LogP contribution is -2.02. The fraction of sp³-hybridized carbons (Fsp3) is 0.280. The molecule has 2 fully saturated rings. The SMILES string of the molecule is c1cc(-c2cccc(-n3c4ccccc4c4ccc(CCOCCCC5CO5)cc43)c2)cc(-n2c3ccccc3c3cc(CCOCCCC4CO4)ccc32)c1. The van der Waals surface area contributed by atoms with Gasteiger partial charge in [-0.15, -0.1) is 0 Å². The largest absolute Gasteiger partial charge is 0.381 e. The van der Waals surface area contributed by atoms with Gasteiger partial charge >= 0.3 is 0 Å². The number of aromatic nitrogens is 2. The summed E-state index contributed by atoms with van der Waals surface area (Å²) >= 11 is 0. The first-order chi connectivity index (χ1) is 27.8. The first-order valence-electron chi connectivity index (χ1n) is 20.4. The molecule has 282 valence electrons. The topological polar surface area (TPSA) is 53.4 Å². The zero-order valence-electron chi connectivity index (χ0n) is 31.9. The summed E-state index contributed by atoms with van der Waals surface area (Å²) in [5.41, 5.74) is 12.1. The minimum Gasteiger partial charge on any atom is -0.381 e. The molecule has 10 rings (SSSR count). The van der Waals surface area contributed by atoms with Gasteiger partial charge in [0.2, 0.25) is 0 Å². The third kappa shape index (κ3) is 7.38. The Labute approximate surface area is 328 Å². The normalized spacial score (nSPS) is 16.4. The van der Waals surface area contributed by atoms with E-state index >= 15 is 0 Å². The molecule has 2 saturated heterocycles. The van der Waals surface area contributed by atoms with Crippen molar-refractivity contribution in [2.24, 2.45) is 0 Å². The van der Waals surface area contributed by atoms with Crippen LogP contribution in [0.2, 0.25) is 0 Å². The second-order valence-electron chi connectivity index (χ2n) is 15.4. The van der Waals surface area contributed by atoms with E-state index in [4.69, 9.17) is 18.9 Å². The Balaban J connectivity index is 0.939. The van der Waals surface area contributed by atoms with Crippen LogP contribution in [0.3, 0.4) is 0 Å². The average Bonchev–Trinajstić information content (AvgIpc) is 4.19. The van der Waals surface area contributed by atoms with E-state index in [1.54, 1.807) is 0 Å². The Morgan fingerprint density at radius 1 is 0.446 bits per heavy atom. The highest BCUT2D eigenvalue weighted by Gasteiger charge is 2.22. The van der Waals surface area contributed by atoms with E-state index in [0.29, 0.717) is 12.2 Å². The number of fused-ring (bicyclic) bond motifs is 6. The molecule has 2 atom stereocenters. The van der Waals surface area contributed by atoms with Crippen molar-refractivity contribution in [3.63, 3.8) is 0 Å². The molecule has 6 heteroatoms. The van der Waals surface area contributed by atoms with Gasteiger partial charge in [0, 0.05) is 46.1 Å². The third-order valence-corrected chi connectivity index (χ3v) is 11.5. The molecule has 4 heterocycles. The standard InChI is InChI=1S/C50H48N2O4/c1-3-17-47-43(15-1)45-21-19-36(24-28-54-26-8-14-42-34-56-42)30-50(45)52(47)40-12-6-10-38(32-40)37-9-5-11-39(31-37)51-48-18-4-2-16-44(48)46-29-35(20-22-49(46)51)23-27-53-25-7-13-41-33-55-41/h1-6,9-12,15-22,29-32,41-42H,7-8,13-14,23-28,33-34H2. The minimum absolute atomic E-state index is 0.471. The van der Waals surface area contributed by atoms with Crippen LogP contribution in [0, 0.1) is 0 Å². The average molecular weight is 741 g/mol. The van der Waals surface area contributed by atoms with Crippen molar-refractivity contribution in [3.8, 4) is 22.5 Å². The number of rotatable bonds is 17. The number of hydrogen-bond acceptors (Lipinski definition) is 4. The highest BCUT2D eigenvalue weighted by atomic mass is 16.6. The lowest BCUT2D eigenvalue weighted by molar-refractivity contribution is 0.131. The molecule has 2 aliphatic heterocycles. The summed E-state index contributed by atoms with van der Waals surface area (Å²) in [7, 11) is 0. The molecule has 6 aromatic carbocycles. The number of nitrogens with zero attached hydrogens (tertiary/aromatic N) is 2. The summed E-state index contributed by atoms with van der Waals surface area (Å²) in [6, 6.07) is 49.3. The second-order valence-corrected chi connectivity index (χ2v) is 15.4. The zero-order valence-corrected chi connectivity index (χ0v) is 31.9. The molecule has 0 N–H and O–H groups in total. The Hall–Kier alpha value is -5.24. The van der Waals surface area contributed by atoms with E-state index in [-0.39, 0.29) is 0 Å². The maximum atomic E-state index is 6.02. The number of benzene rings is 6. The van der Waals surface area contributed by atoms with Crippen LogP contribution in [0.15, 0.2) is 133 Å². The van der Waals surface area contributed by atoms with Crippen LogP contribution in [0.4, 0.5) is 0 Å². The van der Waals surface area contributed by atoms with E-state index in [1.165, 1.54) is 65.9 Å². The van der Waals surface area contributed by atoms with Crippen molar-refractivity contribution < 1.29 is 18.9 Å². The van der Waals surface area contributed by atoms with Gasteiger partial charge < -0.3 is 28.1 Å². The van der Waals surface area contributed by atoms with Gasteiger partial charge in [-0.05, 0) is 115 Å². The Kier molecular flexibility index (Phi) is 9.88. The molecule has 2 unspecified atom stereocenters. The van der Waals surface area contributed by atoms with Gasteiger partial charge in [-0.3, -0.25) is 0 Å². The predicted molar refractivity (Wildman–Crippen MR) is 228 cm³/mol. The Morgan fingerprint density at radius 3 is 1.55 bits per heavy atom. The van der Waals surface area contributed by atoms with Gasteiger partial charge in [-0.25, -0.2) is 0 Å². The number of epoxide rings is 2. The molecular formula is C50H48N2O4. The molecule has 0 saturated carbocycles. The van der Waals surface area contributed by atoms with Gasteiger partial charge in [0.25, 0.3) is 0 Å².